The van der Waals surface area contributed by atoms with Gasteiger partial charge >= 0.3 is 0 Å². The molecule has 0 aromatic heterocycles. The first-order chi connectivity index (χ1) is 7.16. The summed E-state index contributed by atoms with van der Waals surface area (Å²) in [5, 5.41) is 1.59. The van der Waals surface area contributed by atoms with Crippen LogP contribution in [0.3, 0.4) is 0 Å². The van der Waals surface area contributed by atoms with Crippen molar-refractivity contribution in [2.24, 2.45) is 0 Å². The van der Waals surface area contributed by atoms with Crippen molar-refractivity contribution in [3.63, 3.8) is 0 Å². The maximum absolute atomic E-state index is 6.17. The summed E-state index contributed by atoms with van der Waals surface area (Å²) >= 11 is 18.1. The second kappa shape index (κ2) is 4.95. The van der Waals surface area contributed by atoms with E-state index in [0.717, 1.165) is 12.8 Å². The lowest BCUT2D eigenvalue weighted by molar-refractivity contribution is 0.449. The second-order valence-corrected chi connectivity index (χ2v) is 5.57. The van der Waals surface area contributed by atoms with E-state index in [1.165, 1.54) is 18.4 Å². The van der Waals surface area contributed by atoms with Gasteiger partial charge in [0.05, 0.1) is 10.0 Å². The predicted molar refractivity (Wildman–Crippen MR) is 67.3 cm³/mol. The summed E-state index contributed by atoms with van der Waals surface area (Å²) in [4.78, 5) is 0. The molecule has 15 heavy (non-hydrogen) atoms. The lowest BCUT2D eigenvalue weighted by Gasteiger charge is -2.25. The van der Waals surface area contributed by atoms with Gasteiger partial charge in [-0.1, -0.05) is 35.7 Å². The van der Waals surface area contributed by atoms with Gasteiger partial charge < -0.3 is 0 Å². The molecule has 1 aliphatic rings. The Hall–Kier alpha value is 0.0900. The molecule has 1 aliphatic carbocycles. The number of hydrogen-bond acceptors (Lipinski definition) is 0. The SMILES string of the molecule is Clc1ccc(C2CCCC(Cl)C2)cc1Cl. The number of alkyl halides is 1. The molecule has 0 spiro atoms. The number of halogens is 3. The Balaban J connectivity index is 2.18. The van der Waals surface area contributed by atoms with Gasteiger partial charge in [0.15, 0.2) is 0 Å². The molecule has 0 aliphatic heterocycles. The molecule has 82 valence electrons. The van der Waals surface area contributed by atoms with Gasteiger partial charge in [0.25, 0.3) is 0 Å². The summed E-state index contributed by atoms with van der Waals surface area (Å²) < 4.78 is 0. The van der Waals surface area contributed by atoms with Gasteiger partial charge in [0, 0.05) is 5.38 Å². The summed E-state index contributed by atoms with van der Waals surface area (Å²) in [7, 11) is 0. The van der Waals surface area contributed by atoms with Crippen molar-refractivity contribution in [1.29, 1.82) is 0 Å². The average molecular weight is 264 g/mol. The minimum Gasteiger partial charge on any atom is -0.123 e. The van der Waals surface area contributed by atoms with E-state index in [4.69, 9.17) is 34.8 Å². The minimum absolute atomic E-state index is 0.318. The quantitative estimate of drug-likeness (QED) is 0.606. The van der Waals surface area contributed by atoms with Crippen LogP contribution in [0.25, 0.3) is 0 Å². The number of benzene rings is 1. The molecular weight excluding hydrogens is 250 g/mol. The predicted octanol–water partition coefficient (Wildman–Crippen LogP) is 5.26. The fourth-order valence-electron chi connectivity index (χ4n) is 2.20. The Morgan fingerprint density at radius 2 is 1.87 bits per heavy atom. The monoisotopic (exact) mass is 262 g/mol. The molecule has 1 fully saturated rings. The van der Waals surface area contributed by atoms with Crippen molar-refractivity contribution in [1.82, 2.24) is 0 Å². The molecule has 2 atom stereocenters. The van der Waals surface area contributed by atoms with Crippen molar-refractivity contribution in [3.8, 4) is 0 Å². The Kier molecular flexibility index (Phi) is 3.82. The highest BCUT2D eigenvalue weighted by Crippen LogP contribution is 2.37. The molecule has 3 heteroatoms. The van der Waals surface area contributed by atoms with Gasteiger partial charge in [-0.3, -0.25) is 0 Å². The average Bonchev–Trinajstić information content (AvgIpc) is 2.22. The summed E-state index contributed by atoms with van der Waals surface area (Å²) in [6.45, 7) is 0. The minimum atomic E-state index is 0.318. The van der Waals surface area contributed by atoms with Crippen molar-refractivity contribution < 1.29 is 0 Å². The van der Waals surface area contributed by atoms with Crippen LogP contribution in [-0.4, -0.2) is 5.38 Å². The van der Waals surface area contributed by atoms with E-state index in [-0.39, 0.29) is 0 Å². The van der Waals surface area contributed by atoms with Gasteiger partial charge in [-0.15, -0.1) is 11.6 Å². The van der Waals surface area contributed by atoms with Crippen LogP contribution in [0.2, 0.25) is 10.0 Å². The van der Waals surface area contributed by atoms with Gasteiger partial charge in [-0.25, -0.2) is 0 Å². The first kappa shape index (κ1) is 11.6. The zero-order chi connectivity index (χ0) is 10.8. The van der Waals surface area contributed by atoms with Crippen LogP contribution in [0.15, 0.2) is 18.2 Å². The van der Waals surface area contributed by atoms with E-state index in [1.807, 2.05) is 12.1 Å². The highest BCUT2D eigenvalue weighted by molar-refractivity contribution is 6.42. The van der Waals surface area contributed by atoms with E-state index < -0.39 is 0 Å². The molecule has 2 rings (SSSR count). The van der Waals surface area contributed by atoms with Crippen LogP contribution in [0.5, 0.6) is 0 Å². The van der Waals surface area contributed by atoms with E-state index in [0.29, 0.717) is 21.3 Å². The molecule has 0 heterocycles. The number of hydrogen-bond donors (Lipinski definition) is 0. The molecule has 0 radical (unpaired) electrons. The maximum atomic E-state index is 6.17. The molecule has 0 saturated heterocycles. The van der Waals surface area contributed by atoms with Crippen molar-refractivity contribution in [2.75, 3.05) is 0 Å². The van der Waals surface area contributed by atoms with Crippen molar-refractivity contribution in [3.05, 3.63) is 33.8 Å². The number of rotatable bonds is 1. The normalized spacial score (nSPS) is 26.6. The smallest absolute Gasteiger partial charge is 0.0595 e. The first-order valence-electron chi connectivity index (χ1n) is 5.26. The van der Waals surface area contributed by atoms with Crippen LogP contribution in [-0.2, 0) is 0 Å². The molecular formula is C12H13Cl3. The summed E-state index contributed by atoms with van der Waals surface area (Å²) in [6.07, 6.45) is 4.61. The first-order valence-corrected chi connectivity index (χ1v) is 6.45. The van der Waals surface area contributed by atoms with Crippen molar-refractivity contribution in [2.45, 2.75) is 37.0 Å². The van der Waals surface area contributed by atoms with Crippen LogP contribution in [0, 0.1) is 0 Å². The van der Waals surface area contributed by atoms with Gasteiger partial charge in [0.1, 0.15) is 0 Å². The Bertz CT molecular complexity index is 349. The lowest BCUT2D eigenvalue weighted by atomic mass is 9.84. The second-order valence-electron chi connectivity index (χ2n) is 4.13. The maximum Gasteiger partial charge on any atom is 0.0595 e. The third-order valence-corrected chi connectivity index (χ3v) is 4.16. The molecule has 0 nitrogen and oxygen atoms in total. The van der Waals surface area contributed by atoms with Gasteiger partial charge in [-0.05, 0) is 42.9 Å². The Morgan fingerprint density at radius 1 is 1.07 bits per heavy atom. The topological polar surface area (TPSA) is 0 Å². The molecule has 0 N–H and O–H groups in total. The highest BCUT2D eigenvalue weighted by atomic mass is 35.5. The van der Waals surface area contributed by atoms with Gasteiger partial charge in [0.2, 0.25) is 0 Å². The molecule has 2 unspecified atom stereocenters. The lowest BCUT2D eigenvalue weighted by Crippen LogP contribution is -2.13. The van der Waals surface area contributed by atoms with Gasteiger partial charge in [-0.2, -0.15) is 0 Å². The van der Waals surface area contributed by atoms with E-state index in [2.05, 4.69) is 6.07 Å². The molecule has 1 aromatic rings. The van der Waals surface area contributed by atoms with E-state index in [9.17, 15) is 0 Å². The Morgan fingerprint density at radius 3 is 2.53 bits per heavy atom. The van der Waals surface area contributed by atoms with Crippen LogP contribution >= 0.6 is 34.8 Å². The van der Waals surface area contributed by atoms with Crippen LogP contribution in [0.1, 0.15) is 37.2 Å². The molecule has 1 aromatic carbocycles. The molecule has 0 amide bonds. The molecule has 0 bridgehead atoms. The zero-order valence-electron chi connectivity index (χ0n) is 8.35. The van der Waals surface area contributed by atoms with Crippen LogP contribution in [0.4, 0.5) is 0 Å². The third-order valence-electron chi connectivity index (χ3n) is 3.03. The fraction of sp³-hybridized carbons (Fsp3) is 0.500. The zero-order valence-corrected chi connectivity index (χ0v) is 10.6. The third kappa shape index (κ3) is 2.81. The summed E-state index contributed by atoms with van der Waals surface area (Å²) in [6, 6.07) is 5.91. The standard InChI is InChI=1S/C12H13Cl3/c13-10-3-1-2-8(6-10)9-4-5-11(14)12(15)7-9/h4-5,7-8,10H,1-3,6H2. The summed E-state index contributed by atoms with van der Waals surface area (Å²) in [5.41, 5.74) is 1.27. The highest BCUT2D eigenvalue weighted by Gasteiger charge is 2.21. The Labute approximate surface area is 106 Å². The van der Waals surface area contributed by atoms with Crippen molar-refractivity contribution >= 4 is 34.8 Å². The van der Waals surface area contributed by atoms with E-state index >= 15 is 0 Å². The fourth-order valence-corrected chi connectivity index (χ4v) is 2.88. The summed E-state index contributed by atoms with van der Waals surface area (Å²) in [5.74, 6) is 0.552. The van der Waals surface area contributed by atoms with E-state index in [1.54, 1.807) is 0 Å². The largest absolute Gasteiger partial charge is 0.123 e. The van der Waals surface area contributed by atoms with Crippen LogP contribution < -0.4 is 0 Å². The molecule has 1 saturated carbocycles.